The van der Waals surface area contributed by atoms with E-state index in [9.17, 15) is 13.6 Å². The highest BCUT2D eigenvalue weighted by atomic mass is 19.3. The summed E-state index contributed by atoms with van der Waals surface area (Å²) in [6.07, 6.45) is -2.91. The van der Waals surface area contributed by atoms with Gasteiger partial charge in [-0.2, -0.15) is 5.26 Å². The number of pyridine rings is 1. The number of hydrogen-bond donors (Lipinski definition) is 2. The largest absolute Gasteiger partial charge is 0.390 e. The molecule has 0 saturated carbocycles. The lowest BCUT2D eigenvalue weighted by Crippen LogP contribution is -2.16. The van der Waals surface area contributed by atoms with Crippen LogP contribution in [0.4, 0.5) is 8.78 Å². The highest BCUT2D eigenvalue weighted by molar-refractivity contribution is 5.37. The molecule has 1 aromatic heterocycles. The Morgan fingerprint density at radius 3 is 2.71 bits per heavy atom. The second-order valence-corrected chi connectivity index (χ2v) is 2.52. The molecule has 1 aromatic rings. The molecule has 0 spiro atoms. The fraction of sp³-hybridized carbons (Fsp3) is 0.250. The third-order valence-corrected chi connectivity index (χ3v) is 1.64. The first-order valence-electron chi connectivity index (χ1n) is 3.65. The molecule has 0 fully saturated rings. The standard InChI is InChI=1S/C8H6F2N2O2/c9-7(10)5-1-4(3-13)12-8(14)6(5)2-11/h1,7,13H,3H2,(H,12,14). The van der Waals surface area contributed by atoms with Crippen LogP contribution in [0.5, 0.6) is 0 Å². The lowest BCUT2D eigenvalue weighted by Gasteiger charge is -2.03. The molecule has 1 rings (SSSR count). The van der Waals surface area contributed by atoms with Crippen LogP contribution in [-0.4, -0.2) is 10.1 Å². The summed E-state index contributed by atoms with van der Waals surface area (Å²) in [5, 5.41) is 17.1. The van der Waals surface area contributed by atoms with E-state index in [4.69, 9.17) is 10.4 Å². The third-order valence-electron chi connectivity index (χ3n) is 1.64. The second kappa shape index (κ2) is 3.98. The number of nitriles is 1. The molecule has 0 aliphatic carbocycles. The number of rotatable bonds is 2. The normalized spacial score (nSPS) is 10.2. The van der Waals surface area contributed by atoms with Gasteiger partial charge in [-0.3, -0.25) is 4.79 Å². The van der Waals surface area contributed by atoms with E-state index in [0.29, 0.717) is 0 Å². The number of aromatic nitrogens is 1. The van der Waals surface area contributed by atoms with Crippen molar-refractivity contribution in [3.05, 3.63) is 33.2 Å². The van der Waals surface area contributed by atoms with Gasteiger partial charge < -0.3 is 10.1 Å². The van der Waals surface area contributed by atoms with E-state index in [1.54, 1.807) is 0 Å². The lowest BCUT2D eigenvalue weighted by atomic mass is 10.1. The minimum Gasteiger partial charge on any atom is -0.390 e. The van der Waals surface area contributed by atoms with Gasteiger partial charge in [-0.25, -0.2) is 8.78 Å². The van der Waals surface area contributed by atoms with E-state index in [2.05, 4.69) is 4.98 Å². The van der Waals surface area contributed by atoms with Gasteiger partial charge in [-0.05, 0) is 6.07 Å². The maximum Gasteiger partial charge on any atom is 0.266 e. The zero-order valence-electron chi connectivity index (χ0n) is 6.92. The molecule has 0 atom stereocenters. The average Bonchev–Trinajstić information content (AvgIpc) is 2.16. The van der Waals surface area contributed by atoms with Gasteiger partial charge in [0.25, 0.3) is 12.0 Å². The van der Waals surface area contributed by atoms with E-state index in [1.807, 2.05) is 0 Å². The summed E-state index contributed by atoms with van der Waals surface area (Å²) in [5.74, 6) is 0. The average molecular weight is 200 g/mol. The minimum atomic E-state index is -2.91. The Bertz CT molecular complexity index is 434. The molecule has 0 aliphatic rings. The van der Waals surface area contributed by atoms with Crippen LogP contribution in [0.15, 0.2) is 10.9 Å². The van der Waals surface area contributed by atoms with Crippen LogP contribution < -0.4 is 5.56 Å². The Kier molecular flexibility index (Phi) is 2.94. The second-order valence-electron chi connectivity index (χ2n) is 2.52. The Morgan fingerprint density at radius 2 is 2.29 bits per heavy atom. The molecule has 6 heteroatoms. The van der Waals surface area contributed by atoms with Crippen LogP contribution in [0.3, 0.4) is 0 Å². The molecule has 0 aliphatic heterocycles. The molecule has 1 heterocycles. The molecular formula is C8H6F2N2O2. The summed E-state index contributed by atoms with van der Waals surface area (Å²) >= 11 is 0. The number of aliphatic hydroxyl groups excluding tert-OH is 1. The van der Waals surface area contributed by atoms with Crippen molar-refractivity contribution in [3.8, 4) is 6.07 Å². The van der Waals surface area contributed by atoms with Gasteiger partial charge in [0.1, 0.15) is 11.6 Å². The van der Waals surface area contributed by atoms with Crippen molar-refractivity contribution < 1.29 is 13.9 Å². The highest BCUT2D eigenvalue weighted by Gasteiger charge is 2.16. The van der Waals surface area contributed by atoms with E-state index in [-0.39, 0.29) is 5.69 Å². The monoisotopic (exact) mass is 200 g/mol. The Morgan fingerprint density at radius 1 is 1.64 bits per heavy atom. The van der Waals surface area contributed by atoms with Gasteiger partial charge in [0.2, 0.25) is 0 Å². The first-order chi connectivity index (χ1) is 6.60. The summed E-state index contributed by atoms with van der Waals surface area (Å²) in [7, 11) is 0. The summed E-state index contributed by atoms with van der Waals surface area (Å²) in [4.78, 5) is 13.1. The molecule has 0 unspecified atom stereocenters. The van der Waals surface area contributed by atoms with Crippen molar-refractivity contribution in [2.24, 2.45) is 0 Å². The number of nitrogens with zero attached hydrogens (tertiary/aromatic N) is 1. The Hall–Kier alpha value is -1.74. The fourth-order valence-electron chi connectivity index (χ4n) is 1.01. The van der Waals surface area contributed by atoms with Gasteiger partial charge in [0, 0.05) is 11.3 Å². The Labute approximate surface area is 77.4 Å². The summed E-state index contributed by atoms with van der Waals surface area (Å²) in [6.45, 7) is -0.555. The molecule has 0 amide bonds. The van der Waals surface area contributed by atoms with Gasteiger partial charge in [0.05, 0.1) is 6.61 Å². The zero-order chi connectivity index (χ0) is 10.7. The molecule has 0 radical (unpaired) electrons. The maximum absolute atomic E-state index is 12.3. The minimum absolute atomic E-state index is 0.0377. The SMILES string of the molecule is N#Cc1c(C(F)F)cc(CO)[nH]c1=O. The molecule has 0 saturated heterocycles. The summed E-state index contributed by atoms with van der Waals surface area (Å²) < 4.78 is 24.7. The molecular weight excluding hydrogens is 194 g/mol. The number of hydrogen-bond acceptors (Lipinski definition) is 3. The van der Waals surface area contributed by atoms with Crippen molar-refractivity contribution >= 4 is 0 Å². The van der Waals surface area contributed by atoms with Crippen molar-refractivity contribution in [1.29, 1.82) is 5.26 Å². The first-order valence-corrected chi connectivity index (χ1v) is 3.65. The van der Waals surface area contributed by atoms with E-state index < -0.39 is 29.7 Å². The topological polar surface area (TPSA) is 76.9 Å². The lowest BCUT2D eigenvalue weighted by molar-refractivity contribution is 0.150. The molecule has 0 aromatic carbocycles. The van der Waals surface area contributed by atoms with E-state index in [1.165, 1.54) is 6.07 Å². The molecule has 4 nitrogen and oxygen atoms in total. The zero-order valence-corrected chi connectivity index (χ0v) is 6.92. The number of halogens is 2. The van der Waals surface area contributed by atoms with Crippen molar-refractivity contribution in [3.63, 3.8) is 0 Å². The quantitative estimate of drug-likeness (QED) is 0.736. The van der Waals surface area contributed by atoms with Crippen LogP contribution in [-0.2, 0) is 6.61 Å². The molecule has 2 N–H and O–H groups in total. The number of alkyl halides is 2. The number of H-pyrrole nitrogens is 1. The molecule has 74 valence electrons. The Balaban J connectivity index is 3.46. The predicted molar refractivity (Wildman–Crippen MR) is 42.7 cm³/mol. The number of aromatic amines is 1. The van der Waals surface area contributed by atoms with Gasteiger partial charge in [-0.1, -0.05) is 0 Å². The van der Waals surface area contributed by atoms with Crippen LogP contribution in [0, 0.1) is 11.3 Å². The van der Waals surface area contributed by atoms with Crippen molar-refractivity contribution in [2.45, 2.75) is 13.0 Å². The fourth-order valence-corrected chi connectivity index (χ4v) is 1.01. The van der Waals surface area contributed by atoms with Crippen molar-refractivity contribution in [1.82, 2.24) is 4.98 Å². The van der Waals surface area contributed by atoms with Crippen LogP contribution >= 0.6 is 0 Å². The van der Waals surface area contributed by atoms with Crippen LogP contribution in [0.1, 0.15) is 23.2 Å². The maximum atomic E-state index is 12.3. The summed E-state index contributed by atoms with van der Waals surface area (Å²) in [6, 6.07) is 2.30. The van der Waals surface area contributed by atoms with Crippen LogP contribution in [0.2, 0.25) is 0 Å². The predicted octanol–water partition coefficient (Wildman–Crippen LogP) is 0.676. The molecule has 14 heavy (non-hydrogen) atoms. The number of nitrogens with one attached hydrogen (secondary N) is 1. The van der Waals surface area contributed by atoms with Crippen LogP contribution in [0.25, 0.3) is 0 Å². The van der Waals surface area contributed by atoms with Gasteiger partial charge in [0.15, 0.2) is 0 Å². The van der Waals surface area contributed by atoms with E-state index >= 15 is 0 Å². The first kappa shape index (κ1) is 10.3. The third kappa shape index (κ3) is 1.78. The summed E-state index contributed by atoms with van der Waals surface area (Å²) in [5.41, 5.74) is -2.21. The van der Waals surface area contributed by atoms with E-state index in [0.717, 1.165) is 6.07 Å². The van der Waals surface area contributed by atoms with Crippen molar-refractivity contribution in [2.75, 3.05) is 0 Å². The van der Waals surface area contributed by atoms with Gasteiger partial charge >= 0.3 is 0 Å². The number of aliphatic hydroxyl groups is 1. The van der Waals surface area contributed by atoms with Gasteiger partial charge in [-0.15, -0.1) is 0 Å². The highest BCUT2D eigenvalue weighted by Crippen LogP contribution is 2.20. The smallest absolute Gasteiger partial charge is 0.266 e. The molecule has 0 bridgehead atoms.